The summed E-state index contributed by atoms with van der Waals surface area (Å²) in [4.78, 5) is 11.3. The van der Waals surface area contributed by atoms with Gasteiger partial charge in [-0.15, -0.1) is 0 Å². The Kier molecular flexibility index (Phi) is 4.58. The lowest BCUT2D eigenvalue weighted by atomic mass is 10.2. The Hall–Kier alpha value is -2.07. The number of carbonyl (C=O) groups is 1. The van der Waals surface area contributed by atoms with Gasteiger partial charge in [0.25, 0.3) is 0 Å². The average Bonchev–Trinajstić information content (AvgIpc) is 2.48. The van der Waals surface area contributed by atoms with Crippen LogP contribution in [-0.4, -0.2) is 13.1 Å². The van der Waals surface area contributed by atoms with E-state index in [1.165, 1.54) is 19.2 Å². The molecular weight excluding hydrogens is 283 g/mol. The highest BCUT2D eigenvalue weighted by molar-refractivity contribution is 6.30. The third-order valence-electron chi connectivity index (χ3n) is 2.66. The second-order valence-corrected chi connectivity index (χ2v) is 4.46. The summed E-state index contributed by atoms with van der Waals surface area (Å²) >= 11 is 5.60. The quantitative estimate of drug-likeness (QED) is 0.804. The molecule has 3 nitrogen and oxygen atoms in total. The standard InChI is InChI=1S/C15H12ClFO3/c1-19-15(18)11-3-5-12(6-4-11)20-9-10-2-7-13(16)14(17)8-10/h2-8H,9H2,1H3. The van der Waals surface area contributed by atoms with Gasteiger partial charge in [0.2, 0.25) is 0 Å². The Morgan fingerprint density at radius 3 is 2.50 bits per heavy atom. The van der Waals surface area contributed by atoms with Crippen LogP contribution in [0.15, 0.2) is 42.5 Å². The van der Waals surface area contributed by atoms with Gasteiger partial charge in [0.15, 0.2) is 0 Å². The molecule has 2 aromatic rings. The molecule has 0 saturated carbocycles. The van der Waals surface area contributed by atoms with Crippen molar-refractivity contribution in [1.82, 2.24) is 0 Å². The van der Waals surface area contributed by atoms with E-state index in [1.807, 2.05) is 0 Å². The second kappa shape index (κ2) is 6.39. The van der Waals surface area contributed by atoms with E-state index < -0.39 is 11.8 Å². The topological polar surface area (TPSA) is 35.5 Å². The predicted molar refractivity (Wildman–Crippen MR) is 73.5 cm³/mol. The molecule has 0 aliphatic heterocycles. The molecule has 0 atom stereocenters. The highest BCUT2D eigenvalue weighted by atomic mass is 35.5. The number of hydrogen-bond acceptors (Lipinski definition) is 3. The third-order valence-corrected chi connectivity index (χ3v) is 2.97. The van der Waals surface area contributed by atoms with Crippen molar-refractivity contribution in [3.05, 3.63) is 64.4 Å². The monoisotopic (exact) mass is 294 g/mol. The summed E-state index contributed by atoms with van der Waals surface area (Å²) in [6.45, 7) is 0.214. The molecule has 0 spiro atoms. The molecule has 0 aliphatic carbocycles. The van der Waals surface area contributed by atoms with Crippen LogP contribution < -0.4 is 4.74 Å². The fourth-order valence-electron chi connectivity index (χ4n) is 1.60. The first-order valence-corrected chi connectivity index (χ1v) is 6.23. The van der Waals surface area contributed by atoms with Crippen molar-refractivity contribution in [2.45, 2.75) is 6.61 Å². The van der Waals surface area contributed by atoms with Crippen molar-refractivity contribution in [1.29, 1.82) is 0 Å². The van der Waals surface area contributed by atoms with Crippen LogP contribution >= 0.6 is 11.6 Å². The van der Waals surface area contributed by atoms with E-state index >= 15 is 0 Å². The minimum Gasteiger partial charge on any atom is -0.489 e. The Morgan fingerprint density at radius 2 is 1.90 bits per heavy atom. The molecule has 0 heterocycles. The van der Waals surface area contributed by atoms with Gasteiger partial charge in [-0.05, 0) is 42.0 Å². The van der Waals surface area contributed by atoms with Gasteiger partial charge in [0.1, 0.15) is 18.2 Å². The van der Waals surface area contributed by atoms with Crippen molar-refractivity contribution in [2.75, 3.05) is 7.11 Å². The van der Waals surface area contributed by atoms with Crippen molar-refractivity contribution < 1.29 is 18.7 Å². The summed E-state index contributed by atoms with van der Waals surface area (Å²) in [7, 11) is 1.32. The lowest BCUT2D eigenvalue weighted by Crippen LogP contribution is -2.01. The van der Waals surface area contributed by atoms with Crippen LogP contribution in [0.2, 0.25) is 5.02 Å². The molecule has 104 valence electrons. The largest absolute Gasteiger partial charge is 0.489 e. The van der Waals surface area contributed by atoms with Gasteiger partial charge in [-0.25, -0.2) is 9.18 Å². The molecule has 0 amide bonds. The number of methoxy groups -OCH3 is 1. The first kappa shape index (κ1) is 14.3. The normalized spacial score (nSPS) is 10.2. The molecule has 0 radical (unpaired) electrons. The molecule has 0 bridgehead atoms. The van der Waals surface area contributed by atoms with E-state index in [9.17, 15) is 9.18 Å². The van der Waals surface area contributed by atoms with E-state index in [4.69, 9.17) is 16.3 Å². The zero-order valence-corrected chi connectivity index (χ0v) is 11.5. The fraction of sp³-hybridized carbons (Fsp3) is 0.133. The van der Waals surface area contributed by atoms with Gasteiger partial charge in [-0.2, -0.15) is 0 Å². The lowest BCUT2D eigenvalue weighted by molar-refractivity contribution is 0.0600. The second-order valence-electron chi connectivity index (χ2n) is 4.05. The number of benzene rings is 2. The molecule has 0 aliphatic rings. The SMILES string of the molecule is COC(=O)c1ccc(OCc2ccc(Cl)c(F)c2)cc1. The Bertz CT molecular complexity index is 611. The maximum Gasteiger partial charge on any atom is 0.337 e. The minimum atomic E-state index is -0.478. The molecule has 0 fully saturated rings. The lowest BCUT2D eigenvalue weighted by Gasteiger charge is -2.07. The number of hydrogen-bond donors (Lipinski definition) is 0. The number of rotatable bonds is 4. The van der Waals surface area contributed by atoms with E-state index in [-0.39, 0.29) is 11.6 Å². The van der Waals surface area contributed by atoms with E-state index in [0.29, 0.717) is 16.9 Å². The molecule has 0 aromatic heterocycles. The highest BCUT2D eigenvalue weighted by Gasteiger charge is 2.05. The van der Waals surface area contributed by atoms with E-state index in [0.717, 1.165) is 0 Å². The first-order chi connectivity index (χ1) is 9.60. The van der Waals surface area contributed by atoms with Gasteiger partial charge in [0, 0.05) is 0 Å². The maximum atomic E-state index is 13.2. The zero-order chi connectivity index (χ0) is 14.5. The number of halogens is 2. The number of carbonyl (C=O) groups excluding carboxylic acids is 1. The molecule has 20 heavy (non-hydrogen) atoms. The van der Waals surface area contributed by atoms with Gasteiger partial charge in [-0.3, -0.25) is 0 Å². The van der Waals surface area contributed by atoms with Gasteiger partial charge in [0.05, 0.1) is 17.7 Å². The highest BCUT2D eigenvalue weighted by Crippen LogP contribution is 2.18. The van der Waals surface area contributed by atoms with Gasteiger partial charge >= 0.3 is 5.97 Å². The molecule has 0 N–H and O–H groups in total. The van der Waals surface area contributed by atoms with E-state index in [2.05, 4.69) is 4.74 Å². The van der Waals surface area contributed by atoms with Crippen molar-refractivity contribution in [3.8, 4) is 5.75 Å². The van der Waals surface area contributed by atoms with Crippen LogP contribution in [0.3, 0.4) is 0 Å². The van der Waals surface area contributed by atoms with Crippen molar-refractivity contribution >= 4 is 17.6 Å². The number of esters is 1. The van der Waals surface area contributed by atoms with Gasteiger partial charge < -0.3 is 9.47 Å². The van der Waals surface area contributed by atoms with E-state index in [1.54, 1.807) is 30.3 Å². The summed E-state index contributed by atoms with van der Waals surface area (Å²) in [5.74, 6) is -0.307. The minimum absolute atomic E-state index is 0.0798. The fourth-order valence-corrected chi connectivity index (χ4v) is 1.72. The summed E-state index contributed by atoms with van der Waals surface area (Å²) in [5.41, 5.74) is 1.11. The van der Waals surface area contributed by atoms with Crippen LogP contribution in [0.1, 0.15) is 15.9 Å². The maximum absolute atomic E-state index is 13.2. The Labute approximate surface area is 120 Å². The van der Waals surface area contributed by atoms with Crippen LogP contribution in [0.5, 0.6) is 5.75 Å². The van der Waals surface area contributed by atoms with Crippen LogP contribution in [0.4, 0.5) is 4.39 Å². The Balaban J connectivity index is 2.00. The Morgan fingerprint density at radius 1 is 1.20 bits per heavy atom. The molecule has 5 heteroatoms. The summed E-state index contributed by atoms with van der Waals surface area (Å²) < 4.78 is 23.3. The number of ether oxygens (including phenoxy) is 2. The third kappa shape index (κ3) is 3.48. The van der Waals surface area contributed by atoms with Crippen LogP contribution in [-0.2, 0) is 11.3 Å². The summed E-state index contributed by atoms with van der Waals surface area (Å²) in [5, 5.41) is 0.0798. The predicted octanol–water partition coefficient (Wildman–Crippen LogP) is 3.84. The van der Waals surface area contributed by atoms with Crippen LogP contribution in [0, 0.1) is 5.82 Å². The smallest absolute Gasteiger partial charge is 0.337 e. The van der Waals surface area contributed by atoms with Crippen molar-refractivity contribution in [2.24, 2.45) is 0 Å². The van der Waals surface area contributed by atoms with Crippen molar-refractivity contribution in [3.63, 3.8) is 0 Å². The molecule has 0 saturated heterocycles. The van der Waals surface area contributed by atoms with Gasteiger partial charge in [-0.1, -0.05) is 17.7 Å². The molecule has 2 rings (SSSR count). The molecule has 2 aromatic carbocycles. The molecular formula is C15H12ClFO3. The molecule has 0 unspecified atom stereocenters. The first-order valence-electron chi connectivity index (χ1n) is 5.85. The van der Waals surface area contributed by atoms with Crippen LogP contribution in [0.25, 0.3) is 0 Å². The zero-order valence-electron chi connectivity index (χ0n) is 10.7. The summed E-state index contributed by atoms with van der Waals surface area (Å²) in [6, 6.07) is 11.0. The summed E-state index contributed by atoms with van der Waals surface area (Å²) in [6.07, 6.45) is 0. The average molecular weight is 295 g/mol.